The molecular formula is C24H25N3O3S. The average molecular weight is 436 g/mol. The van der Waals surface area contributed by atoms with Crippen molar-refractivity contribution in [2.75, 3.05) is 17.2 Å². The number of benzene rings is 3. The monoisotopic (exact) mass is 435 g/mol. The van der Waals surface area contributed by atoms with Crippen molar-refractivity contribution in [1.82, 2.24) is 4.31 Å². The number of urea groups is 1. The summed E-state index contributed by atoms with van der Waals surface area (Å²) in [7, 11) is -3.56. The molecule has 2 N–H and O–H groups in total. The lowest BCUT2D eigenvalue weighted by Crippen LogP contribution is -2.36. The normalized spacial score (nSPS) is 14.0. The molecular weight excluding hydrogens is 410 g/mol. The Balaban J connectivity index is 1.49. The fourth-order valence-corrected chi connectivity index (χ4v) is 5.34. The van der Waals surface area contributed by atoms with E-state index in [0.29, 0.717) is 23.5 Å². The van der Waals surface area contributed by atoms with Crippen LogP contribution >= 0.6 is 0 Å². The highest BCUT2D eigenvalue weighted by Gasteiger charge is 2.28. The topological polar surface area (TPSA) is 78.5 Å². The first-order chi connectivity index (χ1) is 14.8. The predicted molar refractivity (Wildman–Crippen MR) is 123 cm³/mol. The van der Waals surface area contributed by atoms with Crippen LogP contribution in [0.5, 0.6) is 0 Å². The molecule has 0 saturated carbocycles. The number of aryl methyl sites for hydroxylation is 2. The maximum absolute atomic E-state index is 13.0. The minimum atomic E-state index is -3.56. The highest BCUT2D eigenvalue weighted by atomic mass is 32.2. The quantitative estimate of drug-likeness (QED) is 0.624. The Hall–Kier alpha value is -3.16. The molecule has 4 rings (SSSR count). The van der Waals surface area contributed by atoms with Crippen molar-refractivity contribution >= 4 is 27.4 Å². The number of rotatable bonds is 4. The maximum atomic E-state index is 13.0. The van der Waals surface area contributed by atoms with Crippen LogP contribution in [0, 0.1) is 13.8 Å². The fourth-order valence-electron chi connectivity index (χ4n) is 3.90. The van der Waals surface area contributed by atoms with Gasteiger partial charge in [0.2, 0.25) is 10.0 Å². The zero-order valence-electron chi connectivity index (χ0n) is 17.6. The lowest BCUT2D eigenvalue weighted by molar-refractivity contribution is 0.262. The highest BCUT2D eigenvalue weighted by Crippen LogP contribution is 2.27. The number of carbonyl (C=O) groups is 1. The summed E-state index contributed by atoms with van der Waals surface area (Å²) in [5.74, 6) is 0. The Morgan fingerprint density at radius 1 is 0.839 bits per heavy atom. The molecule has 160 valence electrons. The van der Waals surface area contributed by atoms with E-state index in [4.69, 9.17) is 0 Å². The summed E-state index contributed by atoms with van der Waals surface area (Å²) in [6, 6.07) is 19.6. The SMILES string of the molecule is Cc1cc(C)cc(NC(=O)Nc2ccc3c(c2)CN(S(=O)(=O)c2ccccc2)CC3)c1. The average Bonchev–Trinajstić information content (AvgIpc) is 2.73. The fraction of sp³-hybridized carbons (Fsp3) is 0.208. The van der Waals surface area contributed by atoms with Gasteiger partial charge in [-0.3, -0.25) is 0 Å². The molecule has 7 heteroatoms. The third-order valence-corrected chi connectivity index (χ3v) is 7.16. The molecule has 0 atom stereocenters. The molecule has 0 saturated heterocycles. The van der Waals surface area contributed by atoms with Gasteiger partial charge >= 0.3 is 6.03 Å². The van der Waals surface area contributed by atoms with Crippen molar-refractivity contribution in [2.24, 2.45) is 0 Å². The van der Waals surface area contributed by atoms with Gasteiger partial charge in [-0.25, -0.2) is 13.2 Å². The Morgan fingerprint density at radius 3 is 2.23 bits per heavy atom. The van der Waals surface area contributed by atoms with Crippen LogP contribution in [0.4, 0.5) is 16.2 Å². The van der Waals surface area contributed by atoms with Crippen LogP contribution in [0.25, 0.3) is 0 Å². The maximum Gasteiger partial charge on any atom is 0.323 e. The summed E-state index contributed by atoms with van der Waals surface area (Å²) in [5, 5.41) is 5.70. The smallest absolute Gasteiger partial charge is 0.308 e. The number of amides is 2. The predicted octanol–water partition coefficient (Wildman–Crippen LogP) is 4.69. The molecule has 0 spiro atoms. The number of nitrogens with zero attached hydrogens (tertiary/aromatic N) is 1. The third-order valence-electron chi connectivity index (χ3n) is 5.30. The Bertz CT molecular complexity index is 1200. The summed E-state index contributed by atoms with van der Waals surface area (Å²) in [6.45, 7) is 4.68. The molecule has 1 heterocycles. The van der Waals surface area contributed by atoms with Crippen LogP contribution in [0.3, 0.4) is 0 Å². The first-order valence-corrected chi connectivity index (χ1v) is 11.6. The highest BCUT2D eigenvalue weighted by molar-refractivity contribution is 7.89. The number of anilines is 2. The molecule has 0 bridgehead atoms. The second kappa shape index (κ2) is 8.53. The molecule has 1 aliphatic rings. The van der Waals surface area contributed by atoms with Crippen molar-refractivity contribution in [1.29, 1.82) is 0 Å². The number of fused-ring (bicyclic) bond motifs is 1. The van der Waals surface area contributed by atoms with Crippen LogP contribution in [-0.2, 0) is 23.0 Å². The van der Waals surface area contributed by atoms with Crippen LogP contribution in [0.2, 0.25) is 0 Å². The molecule has 0 aromatic heterocycles. The molecule has 0 radical (unpaired) electrons. The van der Waals surface area contributed by atoms with Crippen molar-refractivity contribution in [2.45, 2.75) is 31.7 Å². The van der Waals surface area contributed by atoms with Gasteiger partial charge < -0.3 is 10.6 Å². The van der Waals surface area contributed by atoms with Gasteiger partial charge in [0, 0.05) is 24.5 Å². The summed E-state index contributed by atoms with van der Waals surface area (Å²) in [5.41, 5.74) is 5.50. The van der Waals surface area contributed by atoms with E-state index in [1.165, 1.54) is 4.31 Å². The van der Waals surface area contributed by atoms with Gasteiger partial charge in [0.05, 0.1) is 4.90 Å². The van der Waals surface area contributed by atoms with Crippen LogP contribution in [0.1, 0.15) is 22.3 Å². The molecule has 6 nitrogen and oxygen atoms in total. The number of carbonyl (C=O) groups excluding carboxylic acids is 1. The van der Waals surface area contributed by atoms with E-state index < -0.39 is 10.0 Å². The lowest BCUT2D eigenvalue weighted by atomic mass is 10.0. The van der Waals surface area contributed by atoms with E-state index >= 15 is 0 Å². The van der Waals surface area contributed by atoms with Gasteiger partial charge in [-0.1, -0.05) is 30.3 Å². The molecule has 2 amide bonds. The molecule has 0 aliphatic carbocycles. The second-order valence-corrected chi connectivity index (χ2v) is 9.78. The van der Waals surface area contributed by atoms with E-state index in [1.807, 2.05) is 50.2 Å². The van der Waals surface area contributed by atoms with Gasteiger partial charge in [0.25, 0.3) is 0 Å². The van der Waals surface area contributed by atoms with E-state index in [9.17, 15) is 13.2 Å². The van der Waals surface area contributed by atoms with Crippen LogP contribution in [-0.4, -0.2) is 25.3 Å². The zero-order valence-corrected chi connectivity index (χ0v) is 18.4. The third kappa shape index (κ3) is 4.78. The molecule has 1 aliphatic heterocycles. The molecule has 31 heavy (non-hydrogen) atoms. The van der Waals surface area contributed by atoms with E-state index in [0.717, 1.165) is 27.9 Å². The lowest BCUT2D eigenvalue weighted by Gasteiger charge is -2.28. The van der Waals surface area contributed by atoms with E-state index in [-0.39, 0.29) is 12.6 Å². The molecule has 3 aromatic rings. The van der Waals surface area contributed by atoms with Gasteiger partial charge in [0.15, 0.2) is 0 Å². The van der Waals surface area contributed by atoms with Gasteiger partial charge in [-0.2, -0.15) is 4.31 Å². The van der Waals surface area contributed by atoms with Gasteiger partial charge in [-0.15, -0.1) is 0 Å². The number of nitrogens with one attached hydrogen (secondary N) is 2. The minimum absolute atomic E-state index is 0.279. The van der Waals surface area contributed by atoms with Gasteiger partial charge in [0.1, 0.15) is 0 Å². The molecule has 0 fully saturated rings. The summed E-state index contributed by atoms with van der Waals surface area (Å²) in [4.78, 5) is 12.7. The number of sulfonamides is 1. The van der Waals surface area contributed by atoms with Crippen molar-refractivity contribution in [3.63, 3.8) is 0 Å². The number of hydrogen-bond acceptors (Lipinski definition) is 3. The van der Waals surface area contributed by atoms with Crippen LogP contribution in [0.15, 0.2) is 71.6 Å². The summed E-state index contributed by atoms with van der Waals surface area (Å²) >= 11 is 0. The zero-order chi connectivity index (χ0) is 22.0. The summed E-state index contributed by atoms with van der Waals surface area (Å²) in [6.07, 6.45) is 0.635. The van der Waals surface area contributed by atoms with Crippen molar-refractivity contribution in [3.05, 3.63) is 89.0 Å². The Labute approximate surface area is 183 Å². The van der Waals surface area contributed by atoms with Crippen LogP contribution < -0.4 is 10.6 Å². The van der Waals surface area contributed by atoms with E-state index in [2.05, 4.69) is 10.6 Å². The minimum Gasteiger partial charge on any atom is -0.308 e. The summed E-state index contributed by atoms with van der Waals surface area (Å²) < 4.78 is 27.4. The first kappa shape index (κ1) is 21.1. The standard InChI is InChI=1S/C24H25N3O3S/c1-17-12-18(2)14-22(13-17)26-24(28)25-21-9-8-19-10-11-27(16-20(19)15-21)31(29,30)23-6-4-3-5-7-23/h3-9,12-15H,10-11,16H2,1-2H3,(H2,25,26,28). The largest absolute Gasteiger partial charge is 0.323 e. The molecule has 3 aromatic carbocycles. The van der Waals surface area contributed by atoms with Gasteiger partial charge in [-0.05, 0) is 78.9 Å². The number of hydrogen-bond donors (Lipinski definition) is 2. The first-order valence-electron chi connectivity index (χ1n) is 10.1. The van der Waals surface area contributed by atoms with Crippen molar-refractivity contribution < 1.29 is 13.2 Å². The molecule has 0 unspecified atom stereocenters. The van der Waals surface area contributed by atoms with Crippen molar-refractivity contribution in [3.8, 4) is 0 Å². The Morgan fingerprint density at radius 2 is 1.52 bits per heavy atom. The second-order valence-electron chi connectivity index (χ2n) is 7.84. The Kier molecular flexibility index (Phi) is 5.80. The van der Waals surface area contributed by atoms with E-state index in [1.54, 1.807) is 30.3 Å².